The van der Waals surface area contributed by atoms with Crippen LogP contribution in [0.25, 0.3) is 0 Å². The molecule has 5 heteroatoms. The second-order valence-electron chi connectivity index (χ2n) is 4.79. The molecule has 0 aliphatic carbocycles. The highest BCUT2D eigenvalue weighted by Crippen LogP contribution is 2.30. The van der Waals surface area contributed by atoms with Crippen molar-refractivity contribution in [2.45, 2.75) is 18.5 Å². The Bertz CT molecular complexity index is 685. The molecule has 0 unspecified atom stereocenters. The number of nitriles is 1. The number of hydrogen-bond donors (Lipinski definition) is 0. The van der Waals surface area contributed by atoms with E-state index in [2.05, 4.69) is 0 Å². The second kappa shape index (κ2) is 6.44. The number of alkyl halides is 3. The van der Waals surface area contributed by atoms with Crippen LogP contribution in [0.2, 0.25) is 0 Å². The maximum atomic E-state index is 12.5. The van der Waals surface area contributed by atoms with Crippen molar-refractivity contribution < 1.29 is 18.0 Å². The second-order valence-corrected chi connectivity index (χ2v) is 4.79. The molecule has 0 heterocycles. The van der Waals surface area contributed by atoms with Gasteiger partial charge in [0.15, 0.2) is 5.78 Å². The lowest BCUT2D eigenvalue weighted by Gasteiger charge is -2.11. The minimum Gasteiger partial charge on any atom is -0.294 e. The van der Waals surface area contributed by atoms with Gasteiger partial charge in [0, 0.05) is 12.0 Å². The Morgan fingerprint density at radius 2 is 1.64 bits per heavy atom. The van der Waals surface area contributed by atoms with E-state index >= 15 is 0 Å². The molecule has 112 valence electrons. The fraction of sp³-hybridized carbons (Fsp3) is 0.176. The molecule has 0 radical (unpaired) electrons. The van der Waals surface area contributed by atoms with Gasteiger partial charge in [-0.05, 0) is 17.7 Å². The molecule has 2 aromatic rings. The van der Waals surface area contributed by atoms with Crippen molar-refractivity contribution >= 4 is 5.78 Å². The summed E-state index contributed by atoms with van der Waals surface area (Å²) in [6.07, 6.45) is -4.48. The Balaban J connectivity index is 2.16. The molecule has 0 aliphatic heterocycles. The van der Waals surface area contributed by atoms with E-state index in [1.807, 2.05) is 6.07 Å². The van der Waals surface area contributed by atoms with E-state index in [0.29, 0.717) is 11.1 Å². The van der Waals surface area contributed by atoms with Gasteiger partial charge in [0.2, 0.25) is 0 Å². The van der Waals surface area contributed by atoms with E-state index in [1.54, 1.807) is 30.3 Å². The Hall–Kier alpha value is -2.61. The van der Waals surface area contributed by atoms with E-state index in [0.717, 1.165) is 12.1 Å². The van der Waals surface area contributed by atoms with Gasteiger partial charge >= 0.3 is 6.18 Å². The summed E-state index contributed by atoms with van der Waals surface area (Å²) in [6, 6.07) is 14.8. The highest BCUT2D eigenvalue weighted by atomic mass is 19.4. The van der Waals surface area contributed by atoms with Gasteiger partial charge in [-0.1, -0.05) is 42.5 Å². The van der Waals surface area contributed by atoms with Crippen LogP contribution in [0.15, 0.2) is 54.6 Å². The van der Waals surface area contributed by atoms with E-state index in [-0.39, 0.29) is 12.2 Å². The summed E-state index contributed by atoms with van der Waals surface area (Å²) in [5, 5.41) is 9.18. The molecule has 0 aliphatic rings. The van der Waals surface area contributed by atoms with Crippen LogP contribution in [-0.2, 0) is 6.18 Å². The van der Waals surface area contributed by atoms with Crippen LogP contribution < -0.4 is 0 Å². The zero-order valence-electron chi connectivity index (χ0n) is 11.5. The van der Waals surface area contributed by atoms with E-state index in [1.165, 1.54) is 12.1 Å². The van der Waals surface area contributed by atoms with Crippen molar-refractivity contribution in [1.29, 1.82) is 5.26 Å². The van der Waals surface area contributed by atoms with E-state index < -0.39 is 17.7 Å². The van der Waals surface area contributed by atoms with Gasteiger partial charge in [-0.2, -0.15) is 18.4 Å². The summed E-state index contributed by atoms with van der Waals surface area (Å²) >= 11 is 0. The quantitative estimate of drug-likeness (QED) is 0.775. The van der Waals surface area contributed by atoms with Gasteiger partial charge in [-0.3, -0.25) is 4.79 Å². The molecule has 0 fully saturated rings. The summed E-state index contributed by atoms with van der Waals surface area (Å²) in [7, 11) is 0. The normalized spacial score (nSPS) is 12.5. The average Bonchev–Trinajstić information content (AvgIpc) is 2.52. The third kappa shape index (κ3) is 3.73. The number of nitrogens with zero attached hydrogens (tertiary/aromatic N) is 1. The Morgan fingerprint density at radius 3 is 2.14 bits per heavy atom. The number of hydrogen-bond acceptors (Lipinski definition) is 2. The zero-order valence-corrected chi connectivity index (χ0v) is 11.5. The van der Waals surface area contributed by atoms with Crippen LogP contribution in [0.3, 0.4) is 0 Å². The Labute approximate surface area is 125 Å². The predicted octanol–water partition coefficient (Wildman–Crippen LogP) is 4.59. The minimum atomic E-state index is -4.42. The molecule has 1 atom stereocenters. The fourth-order valence-electron chi connectivity index (χ4n) is 2.07. The van der Waals surface area contributed by atoms with Crippen molar-refractivity contribution in [2.24, 2.45) is 0 Å². The number of rotatable bonds is 4. The molecule has 2 rings (SSSR count). The SMILES string of the molecule is N#C[C@@H](CC(=O)c1ccccc1)c1ccc(C(F)(F)F)cc1. The first-order valence-electron chi connectivity index (χ1n) is 6.57. The lowest BCUT2D eigenvalue weighted by Crippen LogP contribution is -2.08. The molecule has 0 N–H and O–H groups in total. The molecule has 0 aromatic heterocycles. The fourth-order valence-corrected chi connectivity index (χ4v) is 2.07. The van der Waals surface area contributed by atoms with E-state index in [9.17, 15) is 23.2 Å². The highest BCUT2D eigenvalue weighted by Gasteiger charge is 2.30. The monoisotopic (exact) mass is 303 g/mol. The van der Waals surface area contributed by atoms with Crippen LogP contribution in [0.4, 0.5) is 13.2 Å². The third-order valence-corrected chi connectivity index (χ3v) is 3.28. The van der Waals surface area contributed by atoms with E-state index in [4.69, 9.17) is 0 Å². The summed E-state index contributed by atoms with van der Waals surface area (Å²) in [5.74, 6) is -0.984. The molecule has 22 heavy (non-hydrogen) atoms. The minimum absolute atomic E-state index is 0.0636. The maximum absolute atomic E-state index is 12.5. The van der Waals surface area contributed by atoms with Crippen molar-refractivity contribution in [2.75, 3.05) is 0 Å². The van der Waals surface area contributed by atoms with Crippen molar-refractivity contribution in [3.8, 4) is 6.07 Å². The van der Waals surface area contributed by atoms with Gasteiger partial charge < -0.3 is 0 Å². The van der Waals surface area contributed by atoms with Gasteiger partial charge in [0.05, 0.1) is 17.6 Å². The summed E-state index contributed by atoms with van der Waals surface area (Å²) < 4.78 is 37.5. The van der Waals surface area contributed by atoms with Crippen LogP contribution in [0, 0.1) is 11.3 Å². The first-order chi connectivity index (χ1) is 10.4. The highest BCUT2D eigenvalue weighted by molar-refractivity contribution is 5.96. The van der Waals surface area contributed by atoms with Crippen LogP contribution in [0.1, 0.15) is 33.8 Å². The topological polar surface area (TPSA) is 40.9 Å². The van der Waals surface area contributed by atoms with Gasteiger partial charge in [-0.25, -0.2) is 0 Å². The smallest absolute Gasteiger partial charge is 0.294 e. The molecule has 0 saturated carbocycles. The van der Waals surface area contributed by atoms with Gasteiger partial charge in [-0.15, -0.1) is 0 Å². The Morgan fingerprint density at radius 1 is 1.05 bits per heavy atom. The summed E-state index contributed by atoms with van der Waals surface area (Å²) in [6.45, 7) is 0. The zero-order chi connectivity index (χ0) is 16.2. The molecule has 2 aromatic carbocycles. The number of ketones is 1. The summed E-state index contributed by atoms with van der Waals surface area (Å²) in [5.41, 5.74) is 0.108. The maximum Gasteiger partial charge on any atom is 0.416 e. The number of halogens is 3. The van der Waals surface area contributed by atoms with Gasteiger partial charge in [0.25, 0.3) is 0 Å². The van der Waals surface area contributed by atoms with Gasteiger partial charge in [0.1, 0.15) is 0 Å². The number of carbonyl (C=O) groups is 1. The number of Topliss-reactive ketones (excluding diaryl/α,β-unsaturated/α-hetero) is 1. The first-order valence-corrected chi connectivity index (χ1v) is 6.57. The van der Waals surface area contributed by atoms with Crippen molar-refractivity contribution in [3.63, 3.8) is 0 Å². The van der Waals surface area contributed by atoms with Crippen molar-refractivity contribution in [1.82, 2.24) is 0 Å². The largest absolute Gasteiger partial charge is 0.416 e. The molecule has 0 amide bonds. The van der Waals surface area contributed by atoms with Crippen molar-refractivity contribution in [3.05, 3.63) is 71.3 Å². The molecule has 0 bridgehead atoms. The standard InChI is InChI=1S/C17H12F3NO/c18-17(19,20)15-8-6-12(7-9-15)14(11-21)10-16(22)13-4-2-1-3-5-13/h1-9,14H,10H2/t14-/m1/s1. The molecular formula is C17H12F3NO. The lowest BCUT2D eigenvalue weighted by atomic mass is 9.92. The van der Waals surface area contributed by atoms with Crippen LogP contribution in [0.5, 0.6) is 0 Å². The average molecular weight is 303 g/mol. The summed E-state index contributed by atoms with van der Waals surface area (Å²) in [4.78, 5) is 12.1. The first kappa shape index (κ1) is 15.8. The van der Waals surface area contributed by atoms with Crippen LogP contribution in [-0.4, -0.2) is 5.78 Å². The molecular weight excluding hydrogens is 291 g/mol. The third-order valence-electron chi connectivity index (χ3n) is 3.28. The number of benzene rings is 2. The molecule has 0 saturated heterocycles. The molecule has 2 nitrogen and oxygen atoms in total. The predicted molar refractivity (Wildman–Crippen MR) is 75.2 cm³/mol. The lowest BCUT2D eigenvalue weighted by molar-refractivity contribution is -0.137. The Kier molecular flexibility index (Phi) is 4.62. The molecule has 0 spiro atoms. The van der Waals surface area contributed by atoms with Crippen LogP contribution >= 0.6 is 0 Å². The number of carbonyl (C=O) groups excluding carboxylic acids is 1.